The Balaban J connectivity index is 1.68. The molecule has 0 aromatic rings. The second-order valence-electron chi connectivity index (χ2n) is 8.79. The van der Waals surface area contributed by atoms with Gasteiger partial charge in [0, 0.05) is 5.25 Å². The molecule has 4 rings (SSSR count). The normalized spacial score (nSPS) is 56.2. The Labute approximate surface area is 135 Å². The van der Waals surface area contributed by atoms with E-state index in [-0.39, 0.29) is 11.5 Å². The average molecular weight is 307 g/mol. The van der Waals surface area contributed by atoms with Gasteiger partial charge >= 0.3 is 0 Å². The van der Waals surface area contributed by atoms with E-state index in [0.29, 0.717) is 10.7 Å². The first kappa shape index (κ1) is 14.6. The Morgan fingerprint density at radius 3 is 2.71 bits per heavy atom. The highest BCUT2D eigenvalue weighted by atomic mass is 32.1. The van der Waals surface area contributed by atoms with Gasteiger partial charge in [0.2, 0.25) is 0 Å². The minimum absolute atomic E-state index is 0.0465. The summed E-state index contributed by atoms with van der Waals surface area (Å²) in [6.45, 7) is 4.92. The third-order valence-corrected chi connectivity index (χ3v) is 8.47. The molecule has 2 heteroatoms. The van der Waals surface area contributed by atoms with Gasteiger partial charge < -0.3 is 5.11 Å². The first-order chi connectivity index (χ1) is 9.95. The van der Waals surface area contributed by atoms with Gasteiger partial charge in [-0.1, -0.05) is 25.5 Å². The zero-order valence-electron chi connectivity index (χ0n) is 13.5. The van der Waals surface area contributed by atoms with Crippen LogP contribution in [-0.2, 0) is 0 Å². The van der Waals surface area contributed by atoms with Crippen LogP contribution in [0.1, 0.15) is 65.2 Å². The van der Waals surface area contributed by atoms with Crippen LogP contribution in [-0.4, -0.2) is 16.5 Å². The second-order valence-corrected chi connectivity index (χ2v) is 9.52. The zero-order valence-corrected chi connectivity index (χ0v) is 14.4. The molecule has 4 aliphatic rings. The lowest BCUT2D eigenvalue weighted by Gasteiger charge is -2.57. The van der Waals surface area contributed by atoms with E-state index >= 15 is 0 Å². The zero-order chi connectivity index (χ0) is 14.8. The van der Waals surface area contributed by atoms with Gasteiger partial charge in [0.05, 0.1) is 6.10 Å². The Hall–Kier alpha value is 0.0500. The first-order valence-electron chi connectivity index (χ1n) is 9.01. The molecular weight excluding hydrogens is 276 g/mol. The predicted octanol–water partition coefficient (Wildman–Crippen LogP) is 4.61. The quantitative estimate of drug-likeness (QED) is 0.495. The van der Waals surface area contributed by atoms with E-state index in [1.54, 1.807) is 5.57 Å². The molecule has 0 aromatic carbocycles. The average Bonchev–Trinajstić information content (AvgIpc) is 2.76. The number of aliphatic hydroxyl groups excluding tert-OH is 1. The lowest BCUT2D eigenvalue weighted by molar-refractivity contribution is -0.0658. The van der Waals surface area contributed by atoms with Gasteiger partial charge in [0.25, 0.3) is 0 Å². The van der Waals surface area contributed by atoms with Crippen molar-refractivity contribution in [2.45, 2.75) is 76.6 Å². The van der Waals surface area contributed by atoms with Crippen LogP contribution in [0.4, 0.5) is 0 Å². The van der Waals surface area contributed by atoms with Crippen molar-refractivity contribution >= 4 is 12.6 Å². The highest BCUT2D eigenvalue weighted by molar-refractivity contribution is 7.80. The summed E-state index contributed by atoms with van der Waals surface area (Å²) in [6.07, 6.45) is 12.5. The van der Waals surface area contributed by atoms with Crippen LogP contribution in [0.5, 0.6) is 0 Å². The molecule has 0 bridgehead atoms. The number of fused-ring (bicyclic) bond motifs is 5. The number of allylic oxidation sites excluding steroid dienone is 2. The SMILES string of the molecule is C[C@]12CC[C@H]3[C@@H](CC=C4CC(S)CC[C@@]43C)[C@@H]1CC[C@@H]2O. The molecule has 118 valence electrons. The van der Waals surface area contributed by atoms with Crippen LogP contribution < -0.4 is 0 Å². The highest BCUT2D eigenvalue weighted by Crippen LogP contribution is 2.64. The number of hydrogen-bond donors (Lipinski definition) is 2. The van der Waals surface area contributed by atoms with Gasteiger partial charge in [0.1, 0.15) is 0 Å². The number of rotatable bonds is 0. The summed E-state index contributed by atoms with van der Waals surface area (Å²) >= 11 is 4.75. The summed E-state index contributed by atoms with van der Waals surface area (Å²) in [5, 5.41) is 11.1. The molecule has 1 N–H and O–H groups in total. The van der Waals surface area contributed by atoms with Crippen LogP contribution in [0.15, 0.2) is 11.6 Å². The van der Waals surface area contributed by atoms with Gasteiger partial charge in [0.15, 0.2) is 0 Å². The van der Waals surface area contributed by atoms with E-state index in [4.69, 9.17) is 12.6 Å². The minimum atomic E-state index is -0.0465. The van der Waals surface area contributed by atoms with Crippen LogP contribution in [0.25, 0.3) is 0 Å². The number of thiol groups is 1. The van der Waals surface area contributed by atoms with Crippen LogP contribution >= 0.6 is 12.6 Å². The fraction of sp³-hybridized carbons (Fsp3) is 0.895. The Kier molecular flexibility index (Phi) is 3.32. The lowest BCUT2D eigenvalue weighted by atomic mass is 9.48. The monoisotopic (exact) mass is 306 g/mol. The van der Waals surface area contributed by atoms with Crippen molar-refractivity contribution in [1.29, 1.82) is 0 Å². The van der Waals surface area contributed by atoms with Crippen molar-refractivity contribution in [2.75, 3.05) is 0 Å². The molecule has 0 aromatic heterocycles. The molecule has 1 unspecified atom stereocenters. The molecule has 0 heterocycles. The maximum atomic E-state index is 10.5. The smallest absolute Gasteiger partial charge is 0.0596 e. The summed E-state index contributed by atoms with van der Waals surface area (Å²) in [5.41, 5.74) is 2.37. The van der Waals surface area contributed by atoms with Gasteiger partial charge in [-0.05, 0) is 80.0 Å². The van der Waals surface area contributed by atoms with E-state index in [1.165, 1.54) is 44.9 Å². The standard InChI is InChI=1S/C19H30OS/c1-18-9-7-13(21)11-12(18)3-4-14-15-5-6-17(20)19(15,2)10-8-16(14)18/h3,13-17,20-21H,4-11H2,1-2H3/t13?,14-,15-,16-,17-,18-,19-/m0/s1. The lowest BCUT2D eigenvalue weighted by Crippen LogP contribution is -2.50. The van der Waals surface area contributed by atoms with Crippen molar-refractivity contribution in [1.82, 2.24) is 0 Å². The summed E-state index contributed by atoms with van der Waals surface area (Å²) in [4.78, 5) is 0. The molecule has 4 aliphatic carbocycles. The van der Waals surface area contributed by atoms with Gasteiger partial charge in [-0.2, -0.15) is 12.6 Å². The van der Waals surface area contributed by atoms with Gasteiger partial charge in [-0.25, -0.2) is 0 Å². The fourth-order valence-corrected chi connectivity index (χ4v) is 6.94. The first-order valence-corrected chi connectivity index (χ1v) is 9.52. The number of hydrogen-bond acceptors (Lipinski definition) is 2. The summed E-state index contributed by atoms with van der Waals surface area (Å²) in [6, 6.07) is 0. The van der Waals surface area contributed by atoms with E-state index in [2.05, 4.69) is 19.9 Å². The largest absolute Gasteiger partial charge is 0.393 e. The van der Waals surface area contributed by atoms with Crippen LogP contribution in [0.3, 0.4) is 0 Å². The third kappa shape index (κ3) is 1.94. The maximum absolute atomic E-state index is 10.5. The molecule has 0 saturated heterocycles. The molecule has 3 saturated carbocycles. The Morgan fingerprint density at radius 2 is 1.90 bits per heavy atom. The van der Waals surface area contributed by atoms with E-state index in [1.807, 2.05) is 0 Å². The second kappa shape index (κ2) is 4.77. The Morgan fingerprint density at radius 1 is 1.10 bits per heavy atom. The molecule has 1 nitrogen and oxygen atoms in total. The van der Waals surface area contributed by atoms with Crippen molar-refractivity contribution < 1.29 is 5.11 Å². The summed E-state index contributed by atoms with van der Waals surface area (Å²) < 4.78 is 0. The maximum Gasteiger partial charge on any atom is 0.0596 e. The van der Waals surface area contributed by atoms with E-state index < -0.39 is 0 Å². The van der Waals surface area contributed by atoms with Crippen molar-refractivity contribution in [2.24, 2.45) is 28.6 Å². The fourth-order valence-electron chi connectivity index (χ4n) is 6.61. The van der Waals surface area contributed by atoms with Crippen LogP contribution in [0.2, 0.25) is 0 Å². The highest BCUT2D eigenvalue weighted by Gasteiger charge is 2.58. The van der Waals surface area contributed by atoms with Crippen LogP contribution in [0, 0.1) is 28.6 Å². The summed E-state index contributed by atoms with van der Waals surface area (Å²) in [7, 11) is 0. The molecule has 0 radical (unpaired) electrons. The molecule has 0 amide bonds. The Bertz CT molecular complexity index is 472. The van der Waals surface area contributed by atoms with Gasteiger partial charge in [-0.3, -0.25) is 0 Å². The van der Waals surface area contributed by atoms with Crippen molar-refractivity contribution in [3.63, 3.8) is 0 Å². The minimum Gasteiger partial charge on any atom is -0.393 e. The van der Waals surface area contributed by atoms with E-state index in [0.717, 1.165) is 24.2 Å². The molecule has 3 fully saturated rings. The molecule has 0 aliphatic heterocycles. The topological polar surface area (TPSA) is 20.2 Å². The van der Waals surface area contributed by atoms with Gasteiger partial charge in [-0.15, -0.1) is 0 Å². The van der Waals surface area contributed by atoms with E-state index in [9.17, 15) is 5.11 Å². The molecule has 21 heavy (non-hydrogen) atoms. The molecule has 0 spiro atoms. The number of aliphatic hydroxyl groups is 1. The van der Waals surface area contributed by atoms with Crippen molar-refractivity contribution in [3.8, 4) is 0 Å². The molecular formula is C19H30OS. The summed E-state index contributed by atoms with van der Waals surface area (Å²) in [5.74, 6) is 2.45. The van der Waals surface area contributed by atoms with Crippen molar-refractivity contribution in [3.05, 3.63) is 11.6 Å². The predicted molar refractivity (Wildman–Crippen MR) is 90.5 cm³/mol. The third-order valence-electron chi connectivity index (χ3n) is 8.03. The molecule has 7 atom stereocenters.